The van der Waals surface area contributed by atoms with Crippen LogP contribution in [0.25, 0.3) is 0 Å². The summed E-state index contributed by atoms with van der Waals surface area (Å²) in [5.74, 6) is 1.77. The van der Waals surface area contributed by atoms with Gasteiger partial charge in [0, 0.05) is 6.54 Å². The number of ether oxygens (including phenoxy) is 2. The van der Waals surface area contributed by atoms with Crippen LogP contribution >= 0.6 is 0 Å². The highest BCUT2D eigenvalue weighted by Gasteiger charge is 2.11. The summed E-state index contributed by atoms with van der Waals surface area (Å²) in [4.78, 5) is 2.43. The molecule has 17 heavy (non-hydrogen) atoms. The highest BCUT2D eigenvalue weighted by atomic mass is 16.6. The number of likely N-dealkylation sites (N-methyl/N-ethyl adjacent to an activating group) is 1. The molecule has 1 aliphatic heterocycles. The molecule has 94 valence electrons. The molecule has 0 spiro atoms. The number of hydrogen-bond acceptors (Lipinski definition) is 3. The molecule has 0 N–H and O–H groups in total. The van der Waals surface area contributed by atoms with Gasteiger partial charge in [-0.15, -0.1) is 0 Å². The minimum Gasteiger partial charge on any atom is -0.486 e. The second-order valence-corrected chi connectivity index (χ2v) is 4.25. The van der Waals surface area contributed by atoms with E-state index in [0.29, 0.717) is 13.2 Å². The summed E-state index contributed by atoms with van der Waals surface area (Å²) >= 11 is 0. The predicted molar refractivity (Wildman–Crippen MR) is 68.9 cm³/mol. The Morgan fingerprint density at radius 3 is 2.47 bits per heavy atom. The lowest BCUT2D eigenvalue weighted by molar-refractivity contribution is 0.171. The zero-order valence-corrected chi connectivity index (χ0v) is 10.7. The predicted octanol–water partition coefficient (Wildman–Crippen LogP) is 2.34. The lowest BCUT2D eigenvalue weighted by atomic mass is 10.1. The van der Waals surface area contributed by atoms with Crippen molar-refractivity contribution in [3.63, 3.8) is 0 Å². The van der Waals surface area contributed by atoms with Crippen LogP contribution < -0.4 is 9.47 Å². The van der Waals surface area contributed by atoms with Gasteiger partial charge in [0.2, 0.25) is 0 Å². The SMILES string of the molecule is CCN(CC)CCc1ccc2c(c1)OCCO2. The number of rotatable bonds is 5. The molecule has 2 rings (SSSR count). The summed E-state index contributed by atoms with van der Waals surface area (Å²) in [7, 11) is 0. The highest BCUT2D eigenvalue weighted by Crippen LogP contribution is 2.30. The van der Waals surface area contributed by atoms with E-state index in [1.165, 1.54) is 5.56 Å². The Hall–Kier alpha value is -1.22. The van der Waals surface area contributed by atoms with E-state index in [4.69, 9.17) is 9.47 Å². The molecule has 0 unspecified atom stereocenters. The fourth-order valence-corrected chi connectivity index (χ4v) is 2.07. The first-order chi connectivity index (χ1) is 8.33. The van der Waals surface area contributed by atoms with Crippen molar-refractivity contribution in [2.45, 2.75) is 20.3 Å². The lowest BCUT2D eigenvalue weighted by Gasteiger charge is -2.20. The van der Waals surface area contributed by atoms with Crippen LogP contribution in [0.15, 0.2) is 18.2 Å². The molecule has 3 nitrogen and oxygen atoms in total. The van der Waals surface area contributed by atoms with Crippen LogP contribution in [0.4, 0.5) is 0 Å². The maximum absolute atomic E-state index is 5.58. The smallest absolute Gasteiger partial charge is 0.161 e. The van der Waals surface area contributed by atoms with Crippen molar-refractivity contribution in [3.05, 3.63) is 23.8 Å². The third-order valence-electron chi connectivity index (χ3n) is 3.22. The van der Waals surface area contributed by atoms with Gasteiger partial charge >= 0.3 is 0 Å². The van der Waals surface area contributed by atoms with Gasteiger partial charge in [-0.05, 0) is 37.2 Å². The largest absolute Gasteiger partial charge is 0.486 e. The van der Waals surface area contributed by atoms with Gasteiger partial charge in [0.1, 0.15) is 13.2 Å². The molecule has 0 amide bonds. The van der Waals surface area contributed by atoms with Crippen LogP contribution in [-0.2, 0) is 6.42 Å². The van der Waals surface area contributed by atoms with Gasteiger partial charge in [0.25, 0.3) is 0 Å². The Labute approximate surface area is 103 Å². The van der Waals surface area contributed by atoms with Crippen LogP contribution in [0.3, 0.4) is 0 Å². The molecule has 1 aromatic rings. The van der Waals surface area contributed by atoms with E-state index in [2.05, 4.69) is 30.9 Å². The minimum atomic E-state index is 0.659. The monoisotopic (exact) mass is 235 g/mol. The Kier molecular flexibility index (Phi) is 4.26. The Bertz CT molecular complexity index is 361. The molecule has 0 atom stereocenters. The normalized spacial score (nSPS) is 14.1. The van der Waals surface area contributed by atoms with E-state index in [-0.39, 0.29) is 0 Å². The molecule has 0 saturated carbocycles. The summed E-state index contributed by atoms with van der Waals surface area (Å²) in [5.41, 5.74) is 1.32. The van der Waals surface area contributed by atoms with Crippen molar-refractivity contribution in [2.24, 2.45) is 0 Å². The molecule has 0 aromatic heterocycles. The van der Waals surface area contributed by atoms with Crippen LogP contribution in [0.2, 0.25) is 0 Å². The van der Waals surface area contributed by atoms with Crippen molar-refractivity contribution in [1.82, 2.24) is 4.90 Å². The van der Waals surface area contributed by atoms with Gasteiger partial charge in [0.15, 0.2) is 11.5 Å². The number of nitrogens with zero attached hydrogens (tertiary/aromatic N) is 1. The second kappa shape index (κ2) is 5.92. The average Bonchev–Trinajstić information content (AvgIpc) is 2.40. The van der Waals surface area contributed by atoms with E-state index in [1.54, 1.807) is 0 Å². The van der Waals surface area contributed by atoms with Gasteiger partial charge in [-0.3, -0.25) is 0 Å². The third kappa shape index (κ3) is 3.13. The van der Waals surface area contributed by atoms with E-state index >= 15 is 0 Å². The van der Waals surface area contributed by atoms with Crippen molar-refractivity contribution in [2.75, 3.05) is 32.8 Å². The molecule has 1 aromatic carbocycles. The molecular formula is C14H21NO2. The van der Waals surface area contributed by atoms with Crippen molar-refractivity contribution < 1.29 is 9.47 Å². The van der Waals surface area contributed by atoms with E-state index < -0.39 is 0 Å². The van der Waals surface area contributed by atoms with Crippen molar-refractivity contribution >= 4 is 0 Å². The molecular weight excluding hydrogens is 214 g/mol. The molecule has 1 heterocycles. The number of fused-ring (bicyclic) bond motifs is 1. The summed E-state index contributed by atoms with van der Waals surface area (Å²) in [5, 5.41) is 0. The van der Waals surface area contributed by atoms with Crippen LogP contribution in [-0.4, -0.2) is 37.7 Å². The first-order valence-electron chi connectivity index (χ1n) is 6.44. The fourth-order valence-electron chi connectivity index (χ4n) is 2.07. The zero-order chi connectivity index (χ0) is 12.1. The van der Waals surface area contributed by atoms with Crippen LogP contribution in [0.1, 0.15) is 19.4 Å². The molecule has 0 bridgehead atoms. The Morgan fingerprint density at radius 2 is 1.76 bits per heavy atom. The van der Waals surface area contributed by atoms with Crippen LogP contribution in [0.5, 0.6) is 11.5 Å². The van der Waals surface area contributed by atoms with E-state index in [1.807, 2.05) is 6.07 Å². The van der Waals surface area contributed by atoms with Gasteiger partial charge in [-0.25, -0.2) is 0 Å². The molecule has 0 aliphatic carbocycles. The van der Waals surface area contributed by atoms with Crippen molar-refractivity contribution in [3.8, 4) is 11.5 Å². The van der Waals surface area contributed by atoms with Gasteiger partial charge in [0.05, 0.1) is 0 Å². The molecule has 0 radical (unpaired) electrons. The maximum atomic E-state index is 5.58. The minimum absolute atomic E-state index is 0.659. The van der Waals surface area contributed by atoms with Crippen LogP contribution in [0, 0.1) is 0 Å². The third-order valence-corrected chi connectivity index (χ3v) is 3.22. The Morgan fingerprint density at radius 1 is 1.06 bits per heavy atom. The first kappa shape index (κ1) is 12.2. The maximum Gasteiger partial charge on any atom is 0.161 e. The average molecular weight is 235 g/mol. The summed E-state index contributed by atoms with van der Waals surface area (Å²) < 4.78 is 11.1. The molecule has 0 saturated heterocycles. The first-order valence-corrected chi connectivity index (χ1v) is 6.44. The van der Waals surface area contributed by atoms with E-state index in [9.17, 15) is 0 Å². The topological polar surface area (TPSA) is 21.7 Å². The number of benzene rings is 1. The van der Waals surface area contributed by atoms with Gasteiger partial charge in [-0.2, -0.15) is 0 Å². The molecule has 0 fully saturated rings. The van der Waals surface area contributed by atoms with E-state index in [0.717, 1.165) is 37.6 Å². The molecule has 3 heteroatoms. The summed E-state index contributed by atoms with van der Waals surface area (Å²) in [6, 6.07) is 6.26. The molecule has 1 aliphatic rings. The van der Waals surface area contributed by atoms with Crippen molar-refractivity contribution in [1.29, 1.82) is 0 Å². The lowest BCUT2D eigenvalue weighted by Crippen LogP contribution is -2.25. The summed E-state index contributed by atoms with van der Waals surface area (Å²) in [6.07, 6.45) is 1.07. The summed E-state index contributed by atoms with van der Waals surface area (Å²) in [6.45, 7) is 9.05. The number of hydrogen-bond donors (Lipinski definition) is 0. The highest BCUT2D eigenvalue weighted by molar-refractivity contribution is 5.43. The standard InChI is InChI=1S/C14H21NO2/c1-3-15(4-2)8-7-12-5-6-13-14(11-12)17-10-9-16-13/h5-6,11H,3-4,7-10H2,1-2H3. The zero-order valence-electron chi connectivity index (χ0n) is 10.7. The fraction of sp³-hybridized carbons (Fsp3) is 0.571. The van der Waals surface area contributed by atoms with Gasteiger partial charge < -0.3 is 14.4 Å². The Balaban J connectivity index is 1.97. The quantitative estimate of drug-likeness (QED) is 0.782. The second-order valence-electron chi connectivity index (χ2n) is 4.25. The van der Waals surface area contributed by atoms with Gasteiger partial charge in [-0.1, -0.05) is 19.9 Å².